The number of rotatable bonds is 75. The normalized spacial score (nSPS) is 14.9. The van der Waals surface area contributed by atoms with Gasteiger partial charge in [0, 0.05) is 25.7 Å². The molecule has 0 saturated carbocycles. The van der Waals surface area contributed by atoms with Crippen LogP contribution in [0.15, 0.2) is 0 Å². The second-order valence-electron chi connectivity index (χ2n) is 29.3. The van der Waals surface area contributed by atoms with Crippen molar-refractivity contribution in [3.63, 3.8) is 0 Å². The summed E-state index contributed by atoms with van der Waals surface area (Å²) < 4.78 is 68.5. The molecule has 0 spiro atoms. The number of hydrogen-bond donors (Lipinski definition) is 3. The summed E-state index contributed by atoms with van der Waals surface area (Å²) in [5.74, 6) is 0.988. The zero-order chi connectivity index (χ0) is 71.7. The molecule has 97 heavy (non-hydrogen) atoms. The molecule has 0 aliphatic heterocycles. The quantitative estimate of drug-likeness (QED) is 0.0222. The lowest BCUT2D eigenvalue weighted by Crippen LogP contribution is -2.30. The maximum atomic E-state index is 13.1. The van der Waals surface area contributed by atoms with Gasteiger partial charge < -0.3 is 33.8 Å². The van der Waals surface area contributed by atoms with Crippen LogP contribution in [-0.2, 0) is 65.4 Å². The molecule has 0 aromatic rings. The Balaban J connectivity index is 5.18. The number of phosphoric acid groups is 2. The van der Waals surface area contributed by atoms with Crippen molar-refractivity contribution in [2.45, 2.75) is 414 Å². The summed E-state index contributed by atoms with van der Waals surface area (Å²) in [6.07, 6.45) is 52.9. The fourth-order valence-electron chi connectivity index (χ4n) is 11.8. The molecule has 5 unspecified atom stereocenters. The van der Waals surface area contributed by atoms with Gasteiger partial charge in [0.25, 0.3) is 0 Å². The third-order valence-corrected chi connectivity index (χ3v) is 21.1. The average molecular weight is 1420 g/mol. The SMILES string of the molecule is CCC(C)CCCCCCCCCCCCCCCCCCCCC(=O)O[C@H](COC(=O)CCCCCCCCC(C)CC)COP(=O)(O)OC[C@@H](O)COP(=O)(O)OC[C@@H](COC(=O)CCCCCCCCC(C)CC)OC(=O)CCCCCCCCCCCCCCC(C)C. The molecule has 0 bridgehead atoms. The molecule has 0 radical (unpaired) electrons. The third-order valence-electron chi connectivity index (χ3n) is 19.2. The van der Waals surface area contributed by atoms with Crippen molar-refractivity contribution in [2.75, 3.05) is 39.6 Å². The molecule has 0 aliphatic carbocycles. The highest BCUT2D eigenvalue weighted by Crippen LogP contribution is 2.45. The fraction of sp³-hybridized carbons (Fsp3) is 0.949. The van der Waals surface area contributed by atoms with Gasteiger partial charge in [-0.2, -0.15) is 0 Å². The van der Waals surface area contributed by atoms with Crippen LogP contribution in [0.5, 0.6) is 0 Å². The summed E-state index contributed by atoms with van der Waals surface area (Å²) in [6, 6.07) is 0. The van der Waals surface area contributed by atoms with E-state index in [1.807, 2.05) is 0 Å². The van der Waals surface area contributed by atoms with Crippen molar-refractivity contribution < 1.29 is 80.2 Å². The predicted octanol–water partition coefficient (Wildman–Crippen LogP) is 22.8. The number of unbranched alkanes of at least 4 members (excludes halogenated alkanes) is 38. The Morgan fingerprint density at radius 3 is 0.732 bits per heavy atom. The van der Waals surface area contributed by atoms with E-state index < -0.39 is 97.5 Å². The van der Waals surface area contributed by atoms with Crippen LogP contribution in [0.25, 0.3) is 0 Å². The highest BCUT2D eigenvalue weighted by atomic mass is 31.2. The van der Waals surface area contributed by atoms with Gasteiger partial charge in [0.2, 0.25) is 0 Å². The first-order valence-corrected chi connectivity index (χ1v) is 43.3. The number of esters is 4. The Hall–Kier alpha value is -1.94. The molecule has 576 valence electrons. The average Bonchev–Trinajstić information content (AvgIpc) is 1.07. The first-order chi connectivity index (χ1) is 46.7. The zero-order valence-corrected chi connectivity index (χ0v) is 65.5. The number of carbonyl (C=O) groups is 4. The van der Waals surface area contributed by atoms with E-state index in [1.165, 1.54) is 186 Å². The lowest BCUT2D eigenvalue weighted by atomic mass is 9.99. The van der Waals surface area contributed by atoms with Crippen molar-refractivity contribution in [2.24, 2.45) is 23.7 Å². The van der Waals surface area contributed by atoms with Gasteiger partial charge in [-0.3, -0.25) is 37.3 Å². The van der Waals surface area contributed by atoms with Gasteiger partial charge in [-0.25, -0.2) is 9.13 Å². The summed E-state index contributed by atoms with van der Waals surface area (Å²) in [7, 11) is -9.92. The summed E-state index contributed by atoms with van der Waals surface area (Å²) in [4.78, 5) is 72.8. The molecule has 0 aliphatic rings. The molecule has 0 rings (SSSR count). The van der Waals surface area contributed by atoms with Crippen LogP contribution in [0.4, 0.5) is 0 Å². The lowest BCUT2D eigenvalue weighted by Gasteiger charge is -2.21. The van der Waals surface area contributed by atoms with Crippen molar-refractivity contribution in [3.05, 3.63) is 0 Å². The van der Waals surface area contributed by atoms with Gasteiger partial charge in [0.1, 0.15) is 19.3 Å². The first kappa shape index (κ1) is 95.1. The Labute approximate surface area is 594 Å². The van der Waals surface area contributed by atoms with Gasteiger partial charge in [-0.05, 0) is 49.4 Å². The molecule has 3 N–H and O–H groups in total. The second-order valence-corrected chi connectivity index (χ2v) is 32.2. The van der Waals surface area contributed by atoms with E-state index in [4.69, 9.17) is 37.0 Å². The minimum atomic E-state index is -4.96. The Morgan fingerprint density at radius 2 is 0.495 bits per heavy atom. The monoisotopic (exact) mass is 1420 g/mol. The van der Waals surface area contributed by atoms with E-state index >= 15 is 0 Å². The predicted molar refractivity (Wildman–Crippen MR) is 395 cm³/mol. The maximum absolute atomic E-state index is 13.1. The van der Waals surface area contributed by atoms with E-state index in [-0.39, 0.29) is 25.7 Å². The topological polar surface area (TPSA) is 237 Å². The van der Waals surface area contributed by atoms with Crippen molar-refractivity contribution in [1.82, 2.24) is 0 Å². The fourth-order valence-corrected chi connectivity index (χ4v) is 13.4. The highest BCUT2D eigenvalue weighted by Gasteiger charge is 2.30. The number of phosphoric ester groups is 2. The number of ether oxygens (including phenoxy) is 4. The number of aliphatic hydroxyl groups excluding tert-OH is 1. The number of carbonyl (C=O) groups excluding carboxylic acids is 4. The van der Waals surface area contributed by atoms with Gasteiger partial charge >= 0.3 is 39.5 Å². The largest absolute Gasteiger partial charge is 0.472 e. The van der Waals surface area contributed by atoms with E-state index in [0.29, 0.717) is 25.7 Å². The summed E-state index contributed by atoms with van der Waals surface area (Å²) in [5.41, 5.74) is 0. The van der Waals surface area contributed by atoms with E-state index in [9.17, 15) is 43.2 Å². The molecule has 0 amide bonds. The van der Waals surface area contributed by atoms with Gasteiger partial charge in [0.15, 0.2) is 12.2 Å². The lowest BCUT2D eigenvalue weighted by molar-refractivity contribution is -0.161. The van der Waals surface area contributed by atoms with Crippen LogP contribution in [-0.4, -0.2) is 96.7 Å². The molecular weight excluding hydrogens is 1270 g/mol. The number of hydrogen-bond acceptors (Lipinski definition) is 15. The summed E-state index contributed by atoms with van der Waals surface area (Å²) in [5, 5.41) is 10.6. The molecule has 0 heterocycles. The summed E-state index contributed by atoms with van der Waals surface area (Å²) in [6.45, 7) is 14.2. The molecule has 8 atom stereocenters. The van der Waals surface area contributed by atoms with Crippen LogP contribution in [0, 0.1) is 23.7 Å². The highest BCUT2D eigenvalue weighted by molar-refractivity contribution is 7.47. The van der Waals surface area contributed by atoms with Crippen LogP contribution < -0.4 is 0 Å². The van der Waals surface area contributed by atoms with Crippen molar-refractivity contribution in [3.8, 4) is 0 Å². The smallest absolute Gasteiger partial charge is 0.462 e. The molecular formula is C78H152O17P2. The Kier molecular flexibility index (Phi) is 65.9. The molecule has 0 saturated heterocycles. The molecule has 0 aromatic heterocycles. The van der Waals surface area contributed by atoms with Gasteiger partial charge in [-0.1, -0.05) is 344 Å². The summed E-state index contributed by atoms with van der Waals surface area (Å²) >= 11 is 0. The van der Waals surface area contributed by atoms with Gasteiger partial charge in [0.05, 0.1) is 26.4 Å². The standard InChI is InChI=1S/C78H152O17P2/c1-9-69(6)55-47-39-31-27-23-18-16-14-12-13-15-17-19-24-28-32-44-52-60-77(82)94-73(64-88-75(80)58-50-42-36-34-40-48-56-70(7)10-2)66-92-96(84,85)90-62-72(79)63-91-97(86,87)93-67-74(65-89-76(81)59-51-43-37-35-41-49-57-71(8)11-3)95-78(83)61-53-45-33-29-25-21-20-22-26-30-38-46-54-68(4)5/h68-74,79H,9-67H2,1-8H3,(H,84,85)(H,86,87)/t69?,70?,71?,72-,73-,74-/m1/s1. The van der Waals surface area contributed by atoms with Crippen LogP contribution in [0.1, 0.15) is 396 Å². The van der Waals surface area contributed by atoms with Crippen LogP contribution in [0.3, 0.4) is 0 Å². The number of aliphatic hydroxyl groups is 1. The molecule has 19 heteroatoms. The van der Waals surface area contributed by atoms with Crippen LogP contribution in [0.2, 0.25) is 0 Å². The van der Waals surface area contributed by atoms with E-state index in [2.05, 4.69) is 55.4 Å². The molecule has 0 fully saturated rings. The molecule has 17 nitrogen and oxygen atoms in total. The Morgan fingerprint density at radius 1 is 0.289 bits per heavy atom. The van der Waals surface area contributed by atoms with Crippen molar-refractivity contribution in [1.29, 1.82) is 0 Å². The van der Waals surface area contributed by atoms with Gasteiger partial charge in [-0.15, -0.1) is 0 Å². The maximum Gasteiger partial charge on any atom is 0.472 e. The first-order valence-electron chi connectivity index (χ1n) is 40.3. The van der Waals surface area contributed by atoms with Crippen molar-refractivity contribution >= 4 is 39.5 Å². The zero-order valence-electron chi connectivity index (χ0n) is 63.7. The minimum absolute atomic E-state index is 0.105. The third kappa shape index (κ3) is 68.3. The minimum Gasteiger partial charge on any atom is -0.462 e. The van der Waals surface area contributed by atoms with E-state index in [0.717, 1.165) is 126 Å². The van der Waals surface area contributed by atoms with E-state index in [1.54, 1.807) is 0 Å². The second kappa shape index (κ2) is 67.2. The Bertz CT molecular complexity index is 1910. The van der Waals surface area contributed by atoms with Crippen LogP contribution >= 0.6 is 15.6 Å². The molecule has 0 aromatic carbocycles.